The zero-order chi connectivity index (χ0) is 34.5. The molecular formula is C36H36N4O8. The summed E-state index contributed by atoms with van der Waals surface area (Å²) in [4.78, 5) is 66.8. The van der Waals surface area contributed by atoms with Crippen molar-refractivity contribution in [1.29, 1.82) is 0 Å². The molecule has 0 fully saturated rings. The van der Waals surface area contributed by atoms with Gasteiger partial charge in [0.1, 0.15) is 18.0 Å². The molecule has 12 heteroatoms. The number of para-hydroxylation sites is 2. The van der Waals surface area contributed by atoms with Crippen molar-refractivity contribution in [2.24, 2.45) is 0 Å². The van der Waals surface area contributed by atoms with Crippen molar-refractivity contribution >= 4 is 46.7 Å². The van der Waals surface area contributed by atoms with E-state index in [0.717, 1.165) is 0 Å². The summed E-state index contributed by atoms with van der Waals surface area (Å²) in [5.74, 6) is -0.998. The van der Waals surface area contributed by atoms with E-state index in [-0.39, 0.29) is 37.0 Å². The van der Waals surface area contributed by atoms with Crippen molar-refractivity contribution in [3.63, 3.8) is 0 Å². The molecule has 0 radical (unpaired) electrons. The number of urea groups is 1. The SMILES string of the molecule is COC(=O)Cc1cccc(NC(=O)NCC(=O)N(CC(=O)N(C)c2ccccc2)c2cccc(OCC(=O)c3ccccc3OC)c2)c1. The third-order valence-corrected chi connectivity index (χ3v) is 7.18. The molecule has 0 saturated carbocycles. The van der Waals surface area contributed by atoms with Gasteiger partial charge in [-0.1, -0.05) is 48.5 Å². The number of ether oxygens (including phenoxy) is 3. The average molecular weight is 653 g/mol. The highest BCUT2D eigenvalue weighted by Gasteiger charge is 2.23. The maximum atomic E-state index is 13.6. The minimum absolute atomic E-state index is 0.0317. The largest absolute Gasteiger partial charge is 0.496 e. The number of nitrogens with one attached hydrogen (secondary N) is 2. The highest BCUT2D eigenvalue weighted by atomic mass is 16.5. The highest BCUT2D eigenvalue weighted by Crippen LogP contribution is 2.24. The van der Waals surface area contributed by atoms with Gasteiger partial charge in [0.15, 0.2) is 6.61 Å². The second kappa shape index (κ2) is 16.9. The van der Waals surface area contributed by atoms with E-state index in [2.05, 4.69) is 15.4 Å². The molecule has 0 unspecified atom stereocenters. The van der Waals surface area contributed by atoms with E-state index in [1.54, 1.807) is 98.0 Å². The Morgan fingerprint density at radius 3 is 2.21 bits per heavy atom. The van der Waals surface area contributed by atoms with E-state index in [9.17, 15) is 24.0 Å². The van der Waals surface area contributed by atoms with Crippen LogP contribution in [0.5, 0.6) is 11.5 Å². The zero-order valence-corrected chi connectivity index (χ0v) is 26.8. The van der Waals surface area contributed by atoms with E-state index in [1.807, 2.05) is 6.07 Å². The third-order valence-electron chi connectivity index (χ3n) is 7.18. The standard InChI is InChI=1S/C36H36N4O8/c1-39(27-13-5-4-6-14-27)34(43)23-40(33(42)22-37-36(45)38-26-12-9-11-25(19-26)20-35(44)47-3)28-15-10-16-29(21-28)48-24-31(41)30-17-7-8-18-32(30)46-2/h4-19,21H,20,22-24H2,1-3H3,(H2,37,38,45). The van der Waals surface area contributed by atoms with Crippen molar-refractivity contribution in [2.75, 3.05) is 56.1 Å². The number of hydrogen-bond donors (Lipinski definition) is 2. The van der Waals surface area contributed by atoms with Crippen LogP contribution in [0.2, 0.25) is 0 Å². The molecule has 0 spiro atoms. The molecule has 4 aromatic rings. The number of Topliss-reactive ketones (excluding diaryl/α,β-unsaturated/α-hetero) is 1. The number of carbonyl (C=O) groups is 5. The monoisotopic (exact) mass is 652 g/mol. The second-order valence-corrected chi connectivity index (χ2v) is 10.4. The normalized spacial score (nSPS) is 10.3. The van der Waals surface area contributed by atoms with Gasteiger partial charge >= 0.3 is 12.0 Å². The topological polar surface area (TPSA) is 144 Å². The fraction of sp³-hybridized carbons (Fsp3) is 0.194. The Balaban J connectivity index is 1.48. The maximum absolute atomic E-state index is 13.6. The Hall–Kier alpha value is -6.17. The molecular weight excluding hydrogens is 616 g/mol. The molecule has 2 N–H and O–H groups in total. The Bertz CT molecular complexity index is 1760. The third kappa shape index (κ3) is 9.66. The molecule has 4 amide bonds. The van der Waals surface area contributed by atoms with Crippen molar-refractivity contribution < 1.29 is 38.2 Å². The minimum atomic E-state index is -0.668. The number of hydrogen-bond acceptors (Lipinski definition) is 8. The van der Waals surface area contributed by atoms with Crippen LogP contribution in [-0.2, 0) is 25.5 Å². The van der Waals surface area contributed by atoms with E-state index < -0.39 is 24.5 Å². The first-order valence-corrected chi connectivity index (χ1v) is 14.9. The quantitative estimate of drug-likeness (QED) is 0.150. The summed E-state index contributed by atoms with van der Waals surface area (Å²) in [5, 5.41) is 5.16. The summed E-state index contributed by atoms with van der Waals surface area (Å²) in [7, 11) is 4.37. The van der Waals surface area contributed by atoms with Crippen molar-refractivity contribution in [3.8, 4) is 11.5 Å². The molecule has 0 bridgehead atoms. The lowest BCUT2D eigenvalue weighted by Gasteiger charge is -2.26. The van der Waals surface area contributed by atoms with E-state index >= 15 is 0 Å². The van der Waals surface area contributed by atoms with Gasteiger partial charge in [-0.15, -0.1) is 0 Å². The lowest BCUT2D eigenvalue weighted by molar-refractivity contribution is -0.139. The van der Waals surface area contributed by atoms with Gasteiger partial charge in [-0.3, -0.25) is 19.2 Å². The summed E-state index contributed by atoms with van der Waals surface area (Å²) in [5.41, 5.74) is 2.35. The minimum Gasteiger partial charge on any atom is -0.496 e. The van der Waals surface area contributed by atoms with Gasteiger partial charge in [0.25, 0.3) is 0 Å². The van der Waals surface area contributed by atoms with Gasteiger partial charge in [-0.2, -0.15) is 0 Å². The lowest BCUT2D eigenvalue weighted by atomic mass is 10.1. The Morgan fingerprint density at radius 1 is 0.750 bits per heavy atom. The highest BCUT2D eigenvalue weighted by molar-refractivity contribution is 6.05. The molecule has 48 heavy (non-hydrogen) atoms. The van der Waals surface area contributed by atoms with Crippen LogP contribution in [-0.4, -0.2) is 70.6 Å². The summed E-state index contributed by atoms with van der Waals surface area (Å²) in [6, 6.07) is 28.1. The first-order valence-electron chi connectivity index (χ1n) is 14.9. The summed E-state index contributed by atoms with van der Waals surface area (Å²) in [6.07, 6.45) is 0.0317. The number of ketones is 1. The summed E-state index contributed by atoms with van der Waals surface area (Å²) in [6.45, 7) is -1.10. The van der Waals surface area contributed by atoms with Gasteiger partial charge in [0.2, 0.25) is 17.6 Å². The van der Waals surface area contributed by atoms with Crippen LogP contribution in [0.25, 0.3) is 0 Å². The number of benzene rings is 4. The van der Waals surface area contributed by atoms with Crippen LogP contribution in [0.4, 0.5) is 21.9 Å². The van der Waals surface area contributed by atoms with Gasteiger partial charge in [0.05, 0.1) is 32.7 Å². The molecule has 0 atom stereocenters. The molecule has 12 nitrogen and oxygen atoms in total. The molecule has 0 aliphatic heterocycles. The van der Waals surface area contributed by atoms with Crippen molar-refractivity contribution in [2.45, 2.75) is 6.42 Å². The van der Waals surface area contributed by atoms with Gasteiger partial charge in [-0.25, -0.2) is 4.79 Å². The number of anilines is 3. The molecule has 0 aliphatic rings. The van der Waals surface area contributed by atoms with E-state index in [1.165, 1.54) is 30.1 Å². The predicted octanol–water partition coefficient (Wildman–Crippen LogP) is 4.49. The van der Waals surface area contributed by atoms with E-state index in [4.69, 9.17) is 9.47 Å². The number of likely N-dealkylation sites (N-methyl/N-ethyl adjacent to an activating group) is 1. The number of methoxy groups -OCH3 is 2. The van der Waals surface area contributed by atoms with Gasteiger partial charge in [-0.05, 0) is 54.1 Å². The number of esters is 1. The van der Waals surface area contributed by atoms with Crippen LogP contribution >= 0.6 is 0 Å². The lowest BCUT2D eigenvalue weighted by Crippen LogP contribution is -2.46. The van der Waals surface area contributed by atoms with Gasteiger partial charge < -0.3 is 34.6 Å². The average Bonchev–Trinajstić information content (AvgIpc) is 3.11. The van der Waals surface area contributed by atoms with Crippen LogP contribution < -0.4 is 29.9 Å². The number of nitrogens with zero attached hydrogens (tertiary/aromatic N) is 2. The smallest absolute Gasteiger partial charge is 0.319 e. The predicted molar refractivity (Wildman–Crippen MR) is 181 cm³/mol. The Kier molecular flexibility index (Phi) is 12.2. The van der Waals surface area contributed by atoms with Crippen LogP contribution in [0.3, 0.4) is 0 Å². The first kappa shape index (κ1) is 34.7. The molecule has 0 aliphatic carbocycles. The van der Waals surface area contributed by atoms with E-state index in [0.29, 0.717) is 33.9 Å². The number of carbonyl (C=O) groups excluding carboxylic acids is 5. The van der Waals surface area contributed by atoms with Crippen LogP contribution in [0, 0.1) is 0 Å². The Labute approximate surface area is 278 Å². The molecule has 0 aromatic heterocycles. The van der Waals surface area contributed by atoms with Crippen LogP contribution in [0.15, 0.2) is 103 Å². The number of rotatable bonds is 14. The fourth-order valence-electron chi connectivity index (χ4n) is 4.63. The summed E-state index contributed by atoms with van der Waals surface area (Å²) < 4.78 is 15.7. The molecule has 4 aromatic carbocycles. The zero-order valence-electron chi connectivity index (χ0n) is 26.8. The molecule has 0 saturated heterocycles. The first-order chi connectivity index (χ1) is 23.2. The molecule has 0 heterocycles. The van der Waals surface area contributed by atoms with Crippen molar-refractivity contribution in [3.05, 3.63) is 114 Å². The maximum Gasteiger partial charge on any atom is 0.319 e. The fourth-order valence-corrected chi connectivity index (χ4v) is 4.63. The molecule has 4 rings (SSSR count). The van der Waals surface area contributed by atoms with Crippen molar-refractivity contribution in [1.82, 2.24) is 5.32 Å². The number of amides is 4. The van der Waals surface area contributed by atoms with Gasteiger partial charge in [0, 0.05) is 30.2 Å². The molecule has 248 valence electrons. The Morgan fingerprint density at radius 2 is 1.46 bits per heavy atom. The second-order valence-electron chi connectivity index (χ2n) is 10.4. The van der Waals surface area contributed by atoms with Crippen LogP contribution in [0.1, 0.15) is 15.9 Å². The summed E-state index contributed by atoms with van der Waals surface area (Å²) >= 11 is 0.